The van der Waals surface area contributed by atoms with Crippen molar-refractivity contribution in [1.82, 2.24) is 4.90 Å². The number of β-amino-alcohol motifs (C(OH)–C–C–N with tert-alkyl or cyclic N) is 1. The molecule has 0 aromatic carbocycles. The van der Waals surface area contributed by atoms with Gasteiger partial charge in [0.1, 0.15) is 11.5 Å². The molecule has 1 aliphatic rings. The summed E-state index contributed by atoms with van der Waals surface area (Å²) in [6, 6.07) is 0. The maximum Gasteiger partial charge on any atom is 0.257 e. The van der Waals surface area contributed by atoms with Crippen molar-refractivity contribution in [3.8, 4) is 0 Å². The number of hydrogen-bond donors (Lipinski definition) is 1. The van der Waals surface area contributed by atoms with E-state index in [4.69, 9.17) is 9.52 Å². The van der Waals surface area contributed by atoms with Gasteiger partial charge in [-0.3, -0.25) is 4.79 Å². The van der Waals surface area contributed by atoms with Gasteiger partial charge in [-0.05, 0) is 20.8 Å². The third-order valence-corrected chi connectivity index (χ3v) is 2.92. The van der Waals surface area contributed by atoms with Crippen LogP contribution in [-0.2, 0) is 0 Å². The largest absolute Gasteiger partial charge is 0.466 e. The second-order valence-corrected chi connectivity index (χ2v) is 4.08. The number of aryl methyl sites for hydroxylation is 2. The zero-order valence-electron chi connectivity index (χ0n) is 9.20. The summed E-state index contributed by atoms with van der Waals surface area (Å²) in [4.78, 5) is 13.6. The molecule has 1 fully saturated rings. The van der Waals surface area contributed by atoms with Crippen molar-refractivity contribution < 1.29 is 14.3 Å². The van der Waals surface area contributed by atoms with Crippen LogP contribution in [0.25, 0.3) is 0 Å². The van der Waals surface area contributed by atoms with Crippen LogP contribution in [0.1, 0.15) is 27.4 Å². The highest BCUT2D eigenvalue weighted by Gasteiger charge is 2.32. The van der Waals surface area contributed by atoms with E-state index in [1.165, 1.54) is 0 Å². The average Bonchev–Trinajstić information content (AvgIpc) is 2.35. The first-order chi connectivity index (χ1) is 7.00. The van der Waals surface area contributed by atoms with Gasteiger partial charge in [0.05, 0.1) is 11.7 Å². The van der Waals surface area contributed by atoms with Crippen LogP contribution in [0, 0.1) is 20.8 Å². The van der Waals surface area contributed by atoms with Crippen molar-refractivity contribution in [1.29, 1.82) is 0 Å². The van der Waals surface area contributed by atoms with Crippen LogP contribution in [-0.4, -0.2) is 35.1 Å². The molecule has 0 saturated carbocycles. The van der Waals surface area contributed by atoms with Crippen molar-refractivity contribution in [2.45, 2.75) is 26.9 Å². The van der Waals surface area contributed by atoms with Crippen LogP contribution >= 0.6 is 0 Å². The summed E-state index contributed by atoms with van der Waals surface area (Å²) in [6.45, 7) is 6.40. The summed E-state index contributed by atoms with van der Waals surface area (Å²) >= 11 is 0. The molecule has 0 atom stereocenters. The third-order valence-electron chi connectivity index (χ3n) is 2.92. The molecule has 2 heterocycles. The Balaban J connectivity index is 2.26. The lowest BCUT2D eigenvalue weighted by atomic mass is 10.1. The lowest BCUT2D eigenvalue weighted by Gasteiger charge is -2.35. The number of furan rings is 1. The summed E-state index contributed by atoms with van der Waals surface area (Å²) < 4.78 is 5.40. The highest BCUT2D eigenvalue weighted by atomic mass is 16.3. The Hall–Kier alpha value is -1.29. The Labute approximate surface area is 88.5 Å². The maximum absolute atomic E-state index is 12.0. The molecule has 0 radical (unpaired) electrons. The van der Waals surface area contributed by atoms with E-state index in [1.807, 2.05) is 13.8 Å². The number of rotatable bonds is 1. The number of amides is 1. The van der Waals surface area contributed by atoms with Gasteiger partial charge in [-0.1, -0.05) is 0 Å². The van der Waals surface area contributed by atoms with Crippen LogP contribution in [0.4, 0.5) is 0 Å². The molecule has 1 N–H and O–H groups in total. The molecular formula is C11H15NO3. The Kier molecular flexibility index (Phi) is 2.31. The zero-order chi connectivity index (χ0) is 11.2. The Morgan fingerprint density at radius 3 is 2.33 bits per heavy atom. The minimum atomic E-state index is -0.359. The van der Waals surface area contributed by atoms with Crippen molar-refractivity contribution in [2.75, 3.05) is 13.1 Å². The maximum atomic E-state index is 12.0. The van der Waals surface area contributed by atoms with Gasteiger partial charge in [-0.25, -0.2) is 0 Å². The first-order valence-corrected chi connectivity index (χ1v) is 5.04. The fourth-order valence-corrected chi connectivity index (χ4v) is 1.89. The van der Waals surface area contributed by atoms with Crippen LogP contribution < -0.4 is 0 Å². The Bertz CT molecular complexity index is 402. The minimum absolute atomic E-state index is 0.0350. The first kappa shape index (κ1) is 10.2. The molecule has 0 aliphatic carbocycles. The van der Waals surface area contributed by atoms with E-state index in [1.54, 1.807) is 11.8 Å². The Morgan fingerprint density at radius 1 is 1.33 bits per heavy atom. The van der Waals surface area contributed by atoms with E-state index in [0.717, 1.165) is 11.3 Å². The van der Waals surface area contributed by atoms with Crippen molar-refractivity contribution in [3.05, 3.63) is 22.6 Å². The number of carbonyl (C=O) groups excluding carboxylic acids is 1. The minimum Gasteiger partial charge on any atom is -0.466 e. The second-order valence-electron chi connectivity index (χ2n) is 4.08. The summed E-state index contributed by atoms with van der Waals surface area (Å²) in [5.41, 5.74) is 1.55. The van der Waals surface area contributed by atoms with Gasteiger partial charge in [-0.15, -0.1) is 0 Å². The van der Waals surface area contributed by atoms with Gasteiger partial charge in [-0.2, -0.15) is 0 Å². The van der Waals surface area contributed by atoms with Crippen molar-refractivity contribution in [3.63, 3.8) is 0 Å². The molecule has 2 rings (SSSR count). The zero-order valence-corrected chi connectivity index (χ0v) is 9.20. The van der Waals surface area contributed by atoms with Crippen LogP contribution in [0.3, 0.4) is 0 Å². The fourth-order valence-electron chi connectivity index (χ4n) is 1.89. The summed E-state index contributed by atoms with van der Waals surface area (Å²) in [5.74, 6) is 1.42. The number of aliphatic hydroxyl groups is 1. The molecule has 1 aromatic heterocycles. The van der Waals surface area contributed by atoms with Gasteiger partial charge in [0.2, 0.25) is 0 Å². The van der Waals surface area contributed by atoms with Crippen LogP contribution in [0.15, 0.2) is 4.42 Å². The smallest absolute Gasteiger partial charge is 0.257 e. The normalized spacial score (nSPS) is 16.7. The molecule has 4 nitrogen and oxygen atoms in total. The number of carbonyl (C=O) groups is 1. The molecule has 0 spiro atoms. The second kappa shape index (κ2) is 3.38. The topological polar surface area (TPSA) is 53.7 Å². The van der Waals surface area contributed by atoms with Crippen LogP contribution in [0.2, 0.25) is 0 Å². The van der Waals surface area contributed by atoms with Crippen molar-refractivity contribution in [2.24, 2.45) is 0 Å². The van der Waals surface area contributed by atoms with Gasteiger partial charge in [0.25, 0.3) is 5.91 Å². The standard InChI is InChI=1S/C11H15NO3/c1-6-7(2)15-8(3)10(6)11(14)12-4-9(13)5-12/h9,13H,4-5H2,1-3H3. The predicted octanol–water partition coefficient (Wildman–Crippen LogP) is 1.02. The van der Waals surface area contributed by atoms with Gasteiger partial charge >= 0.3 is 0 Å². The molecule has 0 unspecified atom stereocenters. The van der Waals surface area contributed by atoms with Gasteiger partial charge < -0.3 is 14.4 Å². The summed E-state index contributed by atoms with van der Waals surface area (Å²) in [6.07, 6.45) is -0.359. The highest BCUT2D eigenvalue weighted by molar-refractivity contribution is 5.97. The highest BCUT2D eigenvalue weighted by Crippen LogP contribution is 2.24. The monoisotopic (exact) mass is 209 g/mol. The molecule has 1 aliphatic heterocycles. The lowest BCUT2D eigenvalue weighted by Crippen LogP contribution is -2.53. The van der Waals surface area contributed by atoms with E-state index in [9.17, 15) is 4.79 Å². The van der Waals surface area contributed by atoms with Crippen molar-refractivity contribution >= 4 is 5.91 Å². The number of aliphatic hydroxyl groups excluding tert-OH is 1. The van der Waals surface area contributed by atoms with E-state index >= 15 is 0 Å². The molecule has 1 aromatic rings. The predicted molar refractivity (Wildman–Crippen MR) is 54.8 cm³/mol. The average molecular weight is 209 g/mol. The number of likely N-dealkylation sites (tertiary alicyclic amines) is 1. The number of hydrogen-bond acceptors (Lipinski definition) is 3. The van der Waals surface area contributed by atoms with Crippen LogP contribution in [0.5, 0.6) is 0 Å². The Morgan fingerprint density at radius 2 is 1.93 bits per heavy atom. The lowest BCUT2D eigenvalue weighted by molar-refractivity contribution is 0.00573. The molecule has 4 heteroatoms. The molecule has 82 valence electrons. The van der Waals surface area contributed by atoms with E-state index < -0.39 is 0 Å². The van der Waals surface area contributed by atoms with E-state index in [0.29, 0.717) is 24.4 Å². The quantitative estimate of drug-likeness (QED) is 0.751. The first-order valence-electron chi connectivity index (χ1n) is 5.04. The molecule has 0 bridgehead atoms. The van der Waals surface area contributed by atoms with E-state index in [-0.39, 0.29) is 12.0 Å². The molecule has 1 amide bonds. The summed E-state index contributed by atoms with van der Waals surface area (Å²) in [5, 5.41) is 9.14. The number of nitrogens with zero attached hydrogens (tertiary/aromatic N) is 1. The fraction of sp³-hybridized carbons (Fsp3) is 0.545. The molecule has 15 heavy (non-hydrogen) atoms. The SMILES string of the molecule is Cc1oc(C)c(C(=O)N2CC(O)C2)c1C. The van der Waals surface area contributed by atoms with E-state index in [2.05, 4.69) is 0 Å². The van der Waals surface area contributed by atoms with Gasteiger partial charge in [0.15, 0.2) is 0 Å². The summed E-state index contributed by atoms with van der Waals surface area (Å²) in [7, 11) is 0. The molecular weight excluding hydrogens is 194 g/mol. The molecule has 1 saturated heterocycles. The third kappa shape index (κ3) is 1.55. The van der Waals surface area contributed by atoms with Gasteiger partial charge in [0, 0.05) is 18.7 Å².